The summed E-state index contributed by atoms with van der Waals surface area (Å²) in [4.78, 5) is 24.1. The lowest BCUT2D eigenvalue weighted by molar-refractivity contribution is -0.123. The van der Waals surface area contributed by atoms with E-state index in [1.165, 1.54) is 6.07 Å². The van der Waals surface area contributed by atoms with Crippen LogP contribution >= 0.6 is 11.6 Å². The van der Waals surface area contributed by atoms with Crippen molar-refractivity contribution in [3.8, 4) is 5.75 Å². The van der Waals surface area contributed by atoms with Crippen molar-refractivity contribution in [1.29, 1.82) is 0 Å². The van der Waals surface area contributed by atoms with Gasteiger partial charge in [0.15, 0.2) is 6.61 Å². The second-order valence-corrected chi connectivity index (χ2v) is 6.93. The number of amides is 2. The van der Waals surface area contributed by atoms with E-state index in [1.807, 2.05) is 12.1 Å². The molecule has 0 aliphatic carbocycles. The van der Waals surface area contributed by atoms with E-state index < -0.39 is 0 Å². The molecule has 0 saturated carbocycles. The van der Waals surface area contributed by atoms with Crippen molar-refractivity contribution in [2.75, 3.05) is 6.61 Å². The van der Waals surface area contributed by atoms with Crippen molar-refractivity contribution in [1.82, 2.24) is 10.6 Å². The zero-order chi connectivity index (χ0) is 21.3. The maximum Gasteiger partial charge on any atom is 0.258 e. The molecule has 0 aliphatic rings. The summed E-state index contributed by atoms with van der Waals surface area (Å²) in [5.41, 5.74) is 1.75. The number of benzene rings is 3. The van der Waals surface area contributed by atoms with E-state index in [9.17, 15) is 14.0 Å². The summed E-state index contributed by atoms with van der Waals surface area (Å²) in [6.45, 7) is 0.324. The van der Waals surface area contributed by atoms with E-state index in [2.05, 4.69) is 10.6 Å². The number of hydrogen-bond donors (Lipinski definition) is 2. The fourth-order valence-corrected chi connectivity index (χ4v) is 2.75. The molecule has 0 radical (unpaired) electrons. The first-order chi connectivity index (χ1) is 14.5. The molecule has 2 N–H and O–H groups in total. The van der Waals surface area contributed by atoms with E-state index in [0.29, 0.717) is 28.4 Å². The van der Waals surface area contributed by atoms with Crippen molar-refractivity contribution < 1.29 is 18.7 Å². The summed E-state index contributed by atoms with van der Waals surface area (Å²) in [5.74, 6) is -0.500. The van der Waals surface area contributed by atoms with Gasteiger partial charge in [-0.15, -0.1) is 0 Å². The lowest BCUT2D eigenvalue weighted by Gasteiger charge is -2.09. The van der Waals surface area contributed by atoms with Crippen LogP contribution in [0.1, 0.15) is 21.5 Å². The van der Waals surface area contributed by atoms with Crippen LogP contribution in [0, 0.1) is 5.82 Å². The average Bonchev–Trinajstić information content (AvgIpc) is 2.77. The summed E-state index contributed by atoms with van der Waals surface area (Å²) >= 11 is 5.83. The number of nitrogens with one attached hydrogen (secondary N) is 2. The lowest BCUT2D eigenvalue weighted by Crippen LogP contribution is -2.28. The van der Waals surface area contributed by atoms with Crippen molar-refractivity contribution in [2.45, 2.75) is 13.1 Å². The minimum Gasteiger partial charge on any atom is -0.484 e. The van der Waals surface area contributed by atoms with Crippen LogP contribution in [0.2, 0.25) is 5.02 Å². The number of carbonyl (C=O) groups excluding carboxylic acids is 2. The molecule has 5 nitrogen and oxygen atoms in total. The number of halogens is 2. The molecule has 3 rings (SSSR count). The Hall–Kier alpha value is -3.38. The molecule has 2 amide bonds. The molecule has 154 valence electrons. The first-order valence-corrected chi connectivity index (χ1v) is 9.64. The van der Waals surface area contributed by atoms with Gasteiger partial charge in [-0.25, -0.2) is 4.39 Å². The van der Waals surface area contributed by atoms with Crippen LogP contribution in [-0.4, -0.2) is 18.4 Å². The van der Waals surface area contributed by atoms with Crippen LogP contribution in [0.3, 0.4) is 0 Å². The molecule has 0 heterocycles. The van der Waals surface area contributed by atoms with E-state index in [-0.39, 0.29) is 30.8 Å². The van der Waals surface area contributed by atoms with Gasteiger partial charge < -0.3 is 15.4 Å². The molecular formula is C23H20ClFN2O3. The van der Waals surface area contributed by atoms with Crippen LogP contribution in [0.25, 0.3) is 0 Å². The second kappa shape index (κ2) is 10.4. The lowest BCUT2D eigenvalue weighted by atomic mass is 10.2. The van der Waals surface area contributed by atoms with Crippen LogP contribution in [0.15, 0.2) is 72.8 Å². The Kier molecular flexibility index (Phi) is 7.40. The third-order valence-electron chi connectivity index (χ3n) is 4.29. The highest BCUT2D eigenvalue weighted by atomic mass is 35.5. The fraction of sp³-hybridized carbons (Fsp3) is 0.130. The Bertz CT molecular complexity index is 1010. The monoisotopic (exact) mass is 426 g/mol. The Balaban J connectivity index is 1.43. The molecule has 0 aromatic heterocycles. The average molecular weight is 427 g/mol. The predicted octanol–water partition coefficient (Wildman–Crippen LogP) is 4.10. The van der Waals surface area contributed by atoms with Gasteiger partial charge in [-0.2, -0.15) is 0 Å². The van der Waals surface area contributed by atoms with E-state index in [4.69, 9.17) is 16.3 Å². The zero-order valence-electron chi connectivity index (χ0n) is 16.0. The molecule has 0 atom stereocenters. The van der Waals surface area contributed by atoms with E-state index >= 15 is 0 Å². The Morgan fingerprint density at radius 3 is 2.27 bits per heavy atom. The third kappa shape index (κ3) is 6.32. The fourth-order valence-electron chi connectivity index (χ4n) is 2.62. The molecule has 0 fully saturated rings. The van der Waals surface area contributed by atoms with E-state index in [1.54, 1.807) is 54.6 Å². The highest BCUT2D eigenvalue weighted by molar-refractivity contribution is 6.30. The smallest absolute Gasteiger partial charge is 0.258 e. The van der Waals surface area contributed by atoms with Gasteiger partial charge in [-0.05, 0) is 48.0 Å². The minimum absolute atomic E-state index is 0.0948. The molecule has 0 spiro atoms. The van der Waals surface area contributed by atoms with Crippen LogP contribution in [0.4, 0.5) is 4.39 Å². The van der Waals surface area contributed by atoms with Crippen molar-refractivity contribution >= 4 is 23.4 Å². The highest BCUT2D eigenvalue weighted by Gasteiger charge is 2.08. The summed E-state index contributed by atoms with van der Waals surface area (Å²) in [6, 6.07) is 19.8. The van der Waals surface area contributed by atoms with E-state index in [0.717, 1.165) is 5.56 Å². The van der Waals surface area contributed by atoms with Crippen molar-refractivity contribution in [3.05, 3.63) is 100 Å². The SMILES string of the molecule is O=C(COc1ccc(C(=O)NCc2ccccc2F)cc1)NCc1ccc(Cl)cc1. The van der Waals surface area contributed by atoms with Gasteiger partial charge in [0.2, 0.25) is 0 Å². The maximum absolute atomic E-state index is 13.6. The van der Waals surface area contributed by atoms with Gasteiger partial charge in [0.25, 0.3) is 11.8 Å². The molecule has 3 aromatic carbocycles. The molecule has 0 saturated heterocycles. The quantitative estimate of drug-likeness (QED) is 0.569. The molecule has 0 unspecified atom stereocenters. The standard InChI is InChI=1S/C23H20ClFN2O3/c24-19-9-5-16(6-10-19)13-26-22(28)15-30-20-11-7-17(8-12-20)23(29)27-14-18-3-1-2-4-21(18)25/h1-12H,13-15H2,(H,26,28)(H,27,29). The van der Waals surface area contributed by atoms with Crippen molar-refractivity contribution in [3.63, 3.8) is 0 Å². The number of hydrogen-bond acceptors (Lipinski definition) is 3. The molecule has 0 aliphatic heterocycles. The van der Waals surface area contributed by atoms with Gasteiger partial charge in [-0.1, -0.05) is 41.9 Å². The second-order valence-electron chi connectivity index (χ2n) is 6.49. The zero-order valence-corrected chi connectivity index (χ0v) is 16.8. The predicted molar refractivity (Wildman–Crippen MR) is 113 cm³/mol. The Morgan fingerprint density at radius 1 is 0.867 bits per heavy atom. The molecule has 3 aromatic rings. The van der Waals surface area contributed by atoms with Gasteiger partial charge in [-0.3, -0.25) is 9.59 Å². The van der Waals surface area contributed by atoms with Gasteiger partial charge in [0.1, 0.15) is 11.6 Å². The van der Waals surface area contributed by atoms with Crippen molar-refractivity contribution in [2.24, 2.45) is 0 Å². The molecule has 7 heteroatoms. The van der Waals surface area contributed by atoms with Gasteiger partial charge >= 0.3 is 0 Å². The largest absolute Gasteiger partial charge is 0.484 e. The Labute approximate surface area is 178 Å². The number of ether oxygens (including phenoxy) is 1. The molecular weight excluding hydrogens is 407 g/mol. The summed E-state index contributed by atoms with van der Waals surface area (Å²) in [6.07, 6.45) is 0. The van der Waals surface area contributed by atoms with Gasteiger partial charge in [0, 0.05) is 29.2 Å². The topological polar surface area (TPSA) is 67.4 Å². The number of carbonyl (C=O) groups is 2. The molecule has 30 heavy (non-hydrogen) atoms. The summed E-state index contributed by atoms with van der Waals surface area (Å²) in [5, 5.41) is 6.06. The Morgan fingerprint density at radius 2 is 1.57 bits per heavy atom. The van der Waals surface area contributed by atoms with Crippen LogP contribution in [0.5, 0.6) is 5.75 Å². The highest BCUT2D eigenvalue weighted by Crippen LogP contribution is 2.13. The third-order valence-corrected chi connectivity index (χ3v) is 4.54. The summed E-state index contributed by atoms with van der Waals surface area (Å²) < 4.78 is 19.0. The van der Waals surface area contributed by atoms with Crippen LogP contribution in [-0.2, 0) is 17.9 Å². The van der Waals surface area contributed by atoms with Crippen LogP contribution < -0.4 is 15.4 Å². The minimum atomic E-state index is -0.365. The molecule has 0 bridgehead atoms. The number of rotatable bonds is 8. The maximum atomic E-state index is 13.6. The normalized spacial score (nSPS) is 10.3. The first kappa shape index (κ1) is 21.3. The first-order valence-electron chi connectivity index (χ1n) is 9.27. The summed E-state index contributed by atoms with van der Waals surface area (Å²) in [7, 11) is 0. The van der Waals surface area contributed by atoms with Gasteiger partial charge in [0.05, 0.1) is 0 Å².